The van der Waals surface area contributed by atoms with E-state index in [4.69, 9.17) is 10.5 Å². The van der Waals surface area contributed by atoms with Crippen LogP contribution in [0.15, 0.2) is 30.3 Å². The molecule has 21 heavy (non-hydrogen) atoms. The van der Waals surface area contributed by atoms with E-state index in [0.29, 0.717) is 5.75 Å². The SMILES string of the molecule is NCCCCN1CCCN(C(=O)Oc2ccccc2)CC1. The van der Waals surface area contributed by atoms with Gasteiger partial charge in [0.25, 0.3) is 0 Å². The minimum Gasteiger partial charge on any atom is -0.410 e. The number of carbonyl (C=O) groups is 1. The minimum atomic E-state index is -0.245. The maximum atomic E-state index is 12.2. The maximum Gasteiger partial charge on any atom is 0.415 e. The average Bonchev–Trinajstić information content (AvgIpc) is 2.74. The Hall–Kier alpha value is -1.59. The molecule has 1 aromatic carbocycles. The predicted octanol–water partition coefficient (Wildman–Crippen LogP) is 1.93. The Bertz CT molecular complexity index is 425. The van der Waals surface area contributed by atoms with Gasteiger partial charge in [-0.15, -0.1) is 0 Å². The Labute approximate surface area is 126 Å². The van der Waals surface area contributed by atoms with E-state index in [1.807, 2.05) is 18.2 Å². The zero-order valence-corrected chi connectivity index (χ0v) is 12.5. The van der Waals surface area contributed by atoms with Gasteiger partial charge in [-0.1, -0.05) is 18.2 Å². The Kier molecular flexibility index (Phi) is 6.50. The molecule has 1 aromatic rings. The van der Waals surface area contributed by atoms with Crippen molar-refractivity contribution in [2.75, 3.05) is 39.3 Å². The highest BCUT2D eigenvalue weighted by Crippen LogP contribution is 2.12. The molecule has 0 spiro atoms. The molecule has 2 N–H and O–H groups in total. The summed E-state index contributed by atoms with van der Waals surface area (Å²) in [5.41, 5.74) is 5.52. The third-order valence-corrected chi connectivity index (χ3v) is 3.72. The number of para-hydroxylation sites is 1. The number of benzene rings is 1. The van der Waals surface area contributed by atoms with Gasteiger partial charge in [-0.2, -0.15) is 0 Å². The van der Waals surface area contributed by atoms with Crippen LogP contribution in [-0.2, 0) is 0 Å². The van der Waals surface area contributed by atoms with Gasteiger partial charge in [0.15, 0.2) is 0 Å². The summed E-state index contributed by atoms with van der Waals surface area (Å²) in [6.07, 6.45) is 2.94. The number of hydrogen-bond donors (Lipinski definition) is 1. The lowest BCUT2D eigenvalue weighted by molar-refractivity contribution is 0.153. The molecule has 116 valence electrons. The minimum absolute atomic E-state index is 0.245. The van der Waals surface area contributed by atoms with Gasteiger partial charge in [-0.3, -0.25) is 0 Å². The molecule has 0 atom stereocenters. The molecule has 0 bridgehead atoms. The largest absolute Gasteiger partial charge is 0.415 e. The number of carbonyl (C=O) groups excluding carboxylic acids is 1. The van der Waals surface area contributed by atoms with E-state index in [1.165, 1.54) is 0 Å². The molecule has 2 rings (SSSR count). The van der Waals surface area contributed by atoms with Gasteiger partial charge >= 0.3 is 6.09 Å². The highest BCUT2D eigenvalue weighted by molar-refractivity contribution is 5.70. The highest BCUT2D eigenvalue weighted by atomic mass is 16.6. The van der Waals surface area contributed by atoms with Gasteiger partial charge in [0.1, 0.15) is 5.75 Å². The predicted molar refractivity (Wildman–Crippen MR) is 83.4 cm³/mol. The van der Waals surface area contributed by atoms with Crippen LogP contribution in [0.4, 0.5) is 4.79 Å². The zero-order chi connectivity index (χ0) is 14.9. The summed E-state index contributed by atoms with van der Waals surface area (Å²) in [5, 5.41) is 0. The first-order valence-electron chi connectivity index (χ1n) is 7.74. The van der Waals surface area contributed by atoms with Crippen molar-refractivity contribution in [1.29, 1.82) is 0 Å². The van der Waals surface area contributed by atoms with Crippen LogP contribution in [-0.4, -0.2) is 55.2 Å². The van der Waals surface area contributed by atoms with Crippen molar-refractivity contribution in [3.05, 3.63) is 30.3 Å². The molecule has 1 aliphatic rings. The molecule has 0 aliphatic carbocycles. The first kappa shape index (κ1) is 15.8. The molecular formula is C16H25N3O2. The fraction of sp³-hybridized carbons (Fsp3) is 0.562. The van der Waals surface area contributed by atoms with Crippen LogP contribution in [0.25, 0.3) is 0 Å². The lowest BCUT2D eigenvalue weighted by Gasteiger charge is -2.21. The van der Waals surface area contributed by atoms with E-state index < -0.39 is 0 Å². The molecule has 0 saturated carbocycles. The van der Waals surface area contributed by atoms with Crippen LogP contribution in [0.5, 0.6) is 5.75 Å². The first-order chi connectivity index (χ1) is 10.3. The Morgan fingerprint density at radius 3 is 2.67 bits per heavy atom. The summed E-state index contributed by atoms with van der Waals surface area (Å²) in [4.78, 5) is 16.4. The van der Waals surface area contributed by atoms with Gasteiger partial charge in [-0.05, 0) is 51.0 Å². The Morgan fingerprint density at radius 1 is 1.10 bits per heavy atom. The van der Waals surface area contributed by atoms with E-state index in [0.717, 1.165) is 58.5 Å². The number of rotatable bonds is 5. The summed E-state index contributed by atoms with van der Waals surface area (Å²) in [6, 6.07) is 9.24. The molecule has 1 saturated heterocycles. The standard InChI is InChI=1S/C16H25N3O2/c17-9-4-5-10-18-11-6-12-19(14-13-18)16(20)21-15-7-2-1-3-8-15/h1-3,7-8H,4-6,9-14,17H2. The summed E-state index contributed by atoms with van der Waals surface area (Å²) in [6.45, 7) is 5.27. The number of nitrogens with zero attached hydrogens (tertiary/aromatic N) is 2. The lowest BCUT2D eigenvalue weighted by atomic mass is 10.3. The highest BCUT2D eigenvalue weighted by Gasteiger charge is 2.20. The normalized spacial score (nSPS) is 16.5. The van der Waals surface area contributed by atoms with Crippen LogP contribution in [0.2, 0.25) is 0 Å². The zero-order valence-electron chi connectivity index (χ0n) is 12.5. The maximum absolute atomic E-state index is 12.2. The second-order valence-electron chi connectivity index (χ2n) is 5.36. The summed E-state index contributed by atoms with van der Waals surface area (Å²) in [5.74, 6) is 0.603. The van der Waals surface area contributed by atoms with Crippen molar-refractivity contribution in [3.63, 3.8) is 0 Å². The number of amides is 1. The molecule has 0 unspecified atom stereocenters. The van der Waals surface area contributed by atoms with Crippen molar-refractivity contribution in [2.45, 2.75) is 19.3 Å². The van der Waals surface area contributed by atoms with E-state index >= 15 is 0 Å². The third-order valence-electron chi connectivity index (χ3n) is 3.72. The average molecular weight is 291 g/mol. The molecule has 0 aromatic heterocycles. The summed E-state index contributed by atoms with van der Waals surface area (Å²) < 4.78 is 5.40. The number of unbranched alkanes of at least 4 members (excludes halogenated alkanes) is 1. The van der Waals surface area contributed by atoms with Gasteiger partial charge < -0.3 is 20.3 Å². The Morgan fingerprint density at radius 2 is 1.90 bits per heavy atom. The molecule has 5 nitrogen and oxygen atoms in total. The molecule has 1 heterocycles. The van der Waals surface area contributed by atoms with Crippen LogP contribution in [0.1, 0.15) is 19.3 Å². The monoisotopic (exact) mass is 291 g/mol. The first-order valence-corrected chi connectivity index (χ1v) is 7.74. The number of nitrogens with two attached hydrogens (primary N) is 1. The third kappa shape index (κ3) is 5.36. The fourth-order valence-corrected chi connectivity index (χ4v) is 2.51. The summed E-state index contributed by atoms with van der Waals surface area (Å²) >= 11 is 0. The molecule has 0 radical (unpaired) electrons. The molecule has 1 aliphatic heterocycles. The molecular weight excluding hydrogens is 266 g/mol. The second-order valence-corrected chi connectivity index (χ2v) is 5.36. The molecule has 1 fully saturated rings. The van der Waals surface area contributed by atoms with Gasteiger partial charge in [0.2, 0.25) is 0 Å². The topological polar surface area (TPSA) is 58.8 Å². The molecule has 5 heteroatoms. The quantitative estimate of drug-likeness (QED) is 0.842. The van der Waals surface area contributed by atoms with Gasteiger partial charge in [0, 0.05) is 19.6 Å². The van der Waals surface area contributed by atoms with Crippen molar-refractivity contribution in [2.24, 2.45) is 5.73 Å². The van der Waals surface area contributed by atoms with Gasteiger partial charge in [0.05, 0.1) is 0 Å². The van der Waals surface area contributed by atoms with Crippen molar-refractivity contribution in [3.8, 4) is 5.75 Å². The molecule has 1 amide bonds. The van der Waals surface area contributed by atoms with Crippen LogP contribution in [0, 0.1) is 0 Å². The van der Waals surface area contributed by atoms with Crippen LogP contribution < -0.4 is 10.5 Å². The van der Waals surface area contributed by atoms with E-state index in [2.05, 4.69) is 4.90 Å². The van der Waals surface area contributed by atoms with Gasteiger partial charge in [-0.25, -0.2) is 4.79 Å². The fourth-order valence-electron chi connectivity index (χ4n) is 2.51. The van der Waals surface area contributed by atoms with E-state index in [-0.39, 0.29) is 6.09 Å². The lowest BCUT2D eigenvalue weighted by Crippen LogP contribution is -2.37. The van der Waals surface area contributed by atoms with E-state index in [1.54, 1.807) is 17.0 Å². The van der Waals surface area contributed by atoms with Crippen molar-refractivity contribution >= 4 is 6.09 Å². The van der Waals surface area contributed by atoms with E-state index in [9.17, 15) is 4.79 Å². The van der Waals surface area contributed by atoms with Crippen LogP contribution in [0.3, 0.4) is 0 Å². The van der Waals surface area contributed by atoms with Crippen LogP contribution >= 0.6 is 0 Å². The van der Waals surface area contributed by atoms with Crippen molar-refractivity contribution < 1.29 is 9.53 Å². The number of ether oxygens (including phenoxy) is 1. The smallest absolute Gasteiger partial charge is 0.410 e. The number of hydrogen-bond acceptors (Lipinski definition) is 4. The second kappa shape index (κ2) is 8.64. The Balaban J connectivity index is 1.78. The van der Waals surface area contributed by atoms with Crippen molar-refractivity contribution in [1.82, 2.24) is 9.80 Å². The summed E-state index contributed by atoms with van der Waals surface area (Å²) in [7, 11) is 0.